The van der Waals surface area contributed by atoms with Crippen molar-refractivity contribution in [1.29, 1.82) is 0 Å². The highest BCUT2D eigenvalue weighted by molar-refractivity contribution is 5.99. The number of benzene rings is 6. The first kappa shape index (κ1) is 62.5. The van der Waals surface area contributed by atoms with E-state index in [1.807, 2.05) is 89.1 Å². The Hall–Kier alpha value is -11.7. The lowest BCUT2D eigenvalue weighted by Gasteiger charge is -2.18. The molecule has 6 heterocycles. The molecule has 3 saturated carbocycles. The molecule has 6 aromatic heterocycles. The Bertz CT molecular complexity index is 5170. The monoisotopic (exact) mass is 1330 g/mol. The number of carbonyl (C=O) groups excluding carboxylic acids is 3. The van der Waals surface area contributed by atoms with E-state index in [0.29, 0.717) is 76.5 Å². The number of amides is 3. The van der Waals surface area contributed by atoms with E-state index in [4.69, 9.17) is 44.8 Å². The normalized spacial score (nSPS) is 16.6. The molecule has 26 nitrogen and oxygen atoms in total. The Morgan fingerprint density at radius 1 is 0.551 bits per heavy atom. The summed E-state index contributed by atoms with van der Waals surface area (Å²) in [7, 11) is 8.37. The minimum Gasteiger partial charge on any atom is -0.496 e. The van der Waals surface area contributed by atoms with Crippen molar-refractivity contribution >= 4 is 85.3 Å². The van der Waals surface area contributed by atoms with E-state index < -0.39 is 18.6 Å². The second-order valence-electron chi connectivity index (χ2n) is 25.1. The van der Waals surface area contributed by atoms with Crippen LogP contribution in [0.1, 0.15) is 134 Å². The van der Waals surface area contributed by atoms with Crippen molar-refractivity contribution in [3.63, 3.8) is 0 Å². The number of hydrogen-bond donors (Lipinski definition) is 9. The van der Waals surface area contributed by atoms with Crippen LogP contribution in [0.2, 0.25) is 0 Å². The van der Waals surface area contributed by atoms with Crippen LogP contribution >= 0.6 is 0 Å². The predicted molar refractivity (Wildman–Crippen MR) is 362 cm³/mol. The molecule has 29 heteroatoms. The number of nitrogens with zero attached hydrogens (tertiary/aromatic N) is 12. The third-order valence-corrected chi connectivity index (χ3v) is 18.7. The zero-order valence-corrected chi connectivity index (χ0v) is 54.6. The molecule has 9 N–H and O–H groups in total. The first-order chi connectivity index (χ1) is 47.4. The lowest BCUT2D eigenvalue weighted by atomic mass is 9.92. The van der Waals surface area contributed by atoms with Gasteiger partial charge in [0.1, 0.15) is 18.0 Å². The van der Waals surface area contributed by atoms with Crippen molar-refractivity contribution in [1.82, 2.24) is 90.8 Å². The maximum Gasteiger partial charge on any atom is 0.405 e. The molecule has 98 heavy (non-hydrogen) atoms. The second kappa shape index (κ2) is 24.5. The number of nitrogens with one attached hydrogen (secondary N) is 9. The molecular formula is C69H68F3N21O5. The predicted octanol–water partition coefficient (Wildman–Crippen LogP) is 11.5. The van der Waals surface area contributed by atoms with Gasteiger partial charge in [0.25, 0.3) is 17.7 Å². The molecule has 15 rings (SSSR count). The summed E-state index contributed by atoms with van der Waals surface area (Å²) < 4.78 is 55.9. The lowest BCUT2D eigenvalue weighted by molar-refractivity contribution is -0.123. The minimum atomic E-state index is -4.60. The van der Waals surface area contributed by atoms with Crippen LogP contribution in [0.4, 0.5) is 48.1 Å². The number of H-pyrrole nitrogens is 3. The number of ether oxygens (including phenoxy) is 2. The van der Waals surface area contributed by atoms with Gasteiger partial charge in [0, 0.05) is 89.7 Å². The molecule has 3 aliphatic rings. The van der Waals surface area contributed by atoms with Crippen LogP contribution in [0, 0.1) is 6.92 Å². The summed E-state index contributed by atoms with van der Waals surface area (Å²) in [5.41, 5.74) is 14.1. The van der Waals surface area contributed by atoms with Gasteiger partial charge >= 0.3 is 6.18 Å². The third-order valence-electron chi connectivity index (χ3n) is 18.7. The molecule has 3 aliphatic carbocycles. The summed E-state index contributed by atoms with van der Waals surface area (Å²) in [6.45, 7) is 5.16. The van der Waals surface area contributed by atoms with Crippen molar-refractivity contribution in [2.24, 2.45) is 21.1 Å². The van der Waals surface area contributed by atoms with Crippen LogP contribution in [0.5, 0.6) is 11.5 Å². The molecule has 4 unspecified atom stereocenters. The van der Waals surface area contributed by atoms with E-state index in [-0.39, 0.29) is 52.6 Å². The van der Waals surface area contributed by atoms with Crippen molar-refractivity contribution in [3.05, 3.63) is 148 Å². The van der Waals surface area contributed by atoms with Gasteiger partial charge in [-0.15, -0.1) is 15.3 Å². The first-order valence-electron chi connectivity index (χ1n) is 32.3. The summed E-state index contributed by atoms with van der Waals surface area (Å²) in [5, 5.41) is 60.0. The van der Waals surface area contributed by atoms with Crippen LogP contribution in [0.25, 0.3) is 66.9 Å². The average molecular weight is 1330 g/mol. The Balaban J connectivity index is 0.796. The van der Waals surface area contributed by atoms with Crippen LogP contribution in [-0.2, 0) is 21.1 Å². The Labute approximate surface area is 557 Å². The maximum absolute atomic E-state index is 13.1. The molecule has 0 aliphatic heterocycles. The molecule has 6 aromatic carbocycles. The van der Waals surface area contributed by atoms with Crippen LogP contribution in [0.3, 0.4) is 0 Å². The molecule has 3 amide bonds. The lowest BCUT2D eigenvalue weighted by Crippen LogP contribution is -2.33. The van der Waals surface area contributed by atoms with Crippen molar-refractivity contribution in [2.45, 2.75) is 82.2 Å². The molecular weight excluding hydrogens is 1260 g/mol. The number of hydrogen-bond acceptors (Lipinski definition) is 17. The quantitative estimate of drug-likeness (QED) is 0.0304. The van der Waals surface area contributed by atoms with Gasteiger partial charge in [-0.2, -0.15) is 43.4 Å². The molecule has 0 saturated heterocycles. The molecule has 0 bridgehead atoms. The van der Waals surface area contributed by atoms with Crippen LogP contribution in [-0.4, -0.2) is 133 Å². The Morgan fingerprint density at radius 3 is 1.58 bits per heavy atom. The topological polar surface area (TPSA) is 320 Å². The Morgan fingerprint density at radius 2 is 1.04 bits per heavy atom. The molecule has 0 spiro atoms. The summed E-state index contributed by atoms with van der Waals surface area (Å²) >= 11 is 0. The summed E-state index contributed by atoms with van der Waals surface area (Å²) in [5.74, 6) is 2.06. The fourth-order valence-corrected chi connectivity index (χ4v) is 13.7. The highest BCUT2D eigenvalue weighted by Crippen LogP contribution is 2.64. The molecule has 12 aromatic rings. The number of halogens is 3. The van der Waals surface area contributed by atoms with Gasteiger partial charge in [0.05, 0.1) is 60.5 Å². The largest absolute Gasteiger partial charge is 0.496 e. The first-order valence-corrected chi connectivity index (χ1v) is 32.3. The van der Waals surface area contributed by atoms with Gasteiger partial charge < -0.3 is 41.4 Å². The zero-order chi connectivity index (χ0) is 68.0. The minimum absolute atomic E-state index is 0.0150. The Kier molecular flexibility index (Phi) is 15.6. The van der Waals surface area contributed by atoms with Crippen molar-refractivity contribution in [3.8, 4) is 45.7 Å². The number of aromatic nitrogens is 15. The van der Waals surface area contributed by atoms with Crippen molar-refractivity contribution < 1.29 is 37.0 Å². The van der Waals surface area contributed by atoms with Gasteiger partial charge in [-0.25, -0.2) is 14.0 Å². The fourth-order valence-electron chi connectivity index (χ4n) is 13.7. The number of alkyl halides is 3. The van der Waals surface area contributed by atoms with E-state index in [9.17, 15) is 27.6 Å². The number of anilines is 6. The van der Waals surface area contributed by atoms with Gasteiger partial charge in [-0.3, -0.25) is 29.7 Å². The second-order valence-corrected chi connectivity index (χ2v) is 25.1. The number of aromatic amines is 3. The number of methoxy groups -OCH3 is 2. The van der Waals surface area contributed by atoms with Gasteiger partial charge in [-0.1, -0.05) is 6.07 Å². The average Bonchev–Trinajstić information content (AvgIpc) is 1.56. The smallest absolute Gasteiger partial charge is 0.405 e. The number of carbonyl (C=O) groups is 3. The van der Waals surface area contributed by atoms with E-state index in [1.54, 1.807) is 52.5 Å². The van der Waals surface area contributed by atoms with Gasteiger partial charge in [0.15, 0.2) is 17.5 Å². The summed E-state index contributed by atoms with van der Waals surface area (Å²) in [6, 6.07) is 23.5. The number of aryl methyl sites for hydroxylation is 4. The van der Waals surface area contributed by atoms with E-state index in [0.717, 1.165) is 114 Å². The SMILES string of the molecule is CCNC(=O)c1ccc(-c2nc(Nc3ccc4[nH]ncc4c3C3CC3c3cc(Nc4nc(-c5ccc(C(=O)NCC(F)(F)F)cc5OC)nn4C)c(C4CC4c4cc(Nc5nc(-c6ccc(C(=O)NCC)c(C)c6)nn5C)c(C5CC5)c5cn[nH]c45)c4cn[nH]c34)n(C)n2)c(OC)c1. The highest BCUT2D eigenvalue weighted by atomic mass is 19.4. The van der Waals surface area contributed by atoms with Crippen LogP contribution in [0.15, 0.2) is 97.5 Å². The highest BCUT2D eigenvalue weighted by Gasteiger charge is 2.48. The van der Waals surface area contributed by atoms with Crippen LogP contribution < -0.4 is 41.4 Å². The molecule has 3 fully saturated rings. The van der Waals surface area contributed by atoms with Gasteiger partial charge in [-0.05, 0) is 182 Å². The third kappa shape index (κ3) is 11.5. The fraction of sp³-hybridized carbons (Fsp3) is 0.304. The number of rotatable bonds is 22. The zero-order valence-electron chi connectivity index (χ0n) is 54.6. The summed E-state index contributed by atoms with van der Waals surface area (Å²) in [6.07, 6.45) is 4.62. The van der Waals surface area contributed by atoms with E-state index >= 15 is 0 Å². The standard InChI is InChI=1S/C69H68F3N21O5/c1-9-73-63(94)35-14-17-38(53(22-35)97-7)61-83-66(92(5)89-61)79-50-20-19-49-46(28-76-85-49)56(50)42-24-40(42)45-27-52(81-68-84-62(90-93(68)6)39-18-15-36(23-54(39)98-8)64(95)75-31-69(70,71)72)57(48-30-78-87-59(45)48)43-25-41(43)44-26-51(55(33-11-12-33)47-29-77-86-58(44)47)80-67-82-60(88-91(67)4)34-13-16-37(32(3)21-34)65(96)74-10-2/h13-23,26-30,33,40-43H,9-12,24-25,31H2,1-8H3,(H,73,94)(H,74,96)(H,75,95)(H,76,85)(H,77,86)(H,78,87)(H,79,83,89)(H,80,82,88)(H,81,84,90). The maximum atomic E-state index is 13.1. The molecule has 0 radical (unpaired) electrons. The van der Waals surface area contributed by atoms with Gasteiger partial charge in [0.2, 0.25) is 17.8 Å². The number of fused-ring (bicyclic) bond motifs is 3. The molecule has 500 valence electrons. The van der Waals surface area contributed by atoms with Crippen molar-refractivity contribution in [2.75, 3.05) is 49.8 Å². The molecule has 4 atom stereocenters. The van der Waals surface area contributed by atoms with E-state index in [2.05, 4.69) is 64.2 Å². The van der Waals surface area contributed by atoms with E-state index in [1.165, 1.54) is 19.2 Å². The summed E-state index contributed by atoms with van der Waals surface area (Å²) in [4.78, 5) is 53.5.